The van der Waals surface area contributed by atoms with Crippen molar-refractivity contribution in [2.45, 2.75) is 13.8 Å². The van der Waals surface area contributed by atoms with E-state index in [1.165, 1.54) is 11.1 Å². The van der Waals surface area contributed by atoms with Crippen molar-refractivity contribution in [3.63, 3.8) is 0 Å². The minimum absolute atomic E-state index is 0.953. The van der Waals surface area contributed by atoms with E-state index in [2.05, 4.69) is 146 Å². The Morgan fingerprint density at radius 1 is 0.500 bits per heavy atom. The van der Waals surface area contributed by atoms with Gasteiger partial charge in [0.15, 0.2) is 0 Å². The Labute approximate surface area is 224 Å². The maximum atomic E-state index is 5.04. The minimum Gasteiger partial charge on any atom is -0.311 e. The second-order valence-electron chi connectivity index (χ2n) is 9.58. The van der Waals surface area contributed by atoms with Gasteiger partial charge in [0.2, 0.25) is 0 Å². The fourth-order valence-corrected chi connectivity index (χ4v) is 4.72. The van der Waals surface area contributed by atoms with Crippen molar-refractivity contribution >= 4 is 17.1 Å². The molecule has 38 heavy (non-hydrogen) atoms. The molecule has 3 heteroatoms. The van der Waals surface area contributed by atoms with Crippen molar-refractivity contribution < 1.29 is 0 Å². The highest BCUT2D eigenvalue weighted by Crippen LogP contribution is 2.36. The molecule has 0 aliphatic heterocycles. The lowest BCUT2D eigenvalue weighted by atomic mass is 10.1. The molecular weight excluding hydrogens is 462 g/mol. The average Bonchev–Trinajstić information content (AvgIpc) is 3.42. The normalized spacial score (nSPS) is 10.9. The van der Waals surface area contributed by atoms with E-state index in [0.29, 0.717) is 0 Å². The molecule has 3 nitrogen and oxygen atoms in total. The summed E-state index contributed by atoms with van der Waals surface area (Å²) in [5.41, 5.74) is 11.1. The number of benzene rings is 5. The van der Waals surface area contributed by atoms with Crippen molar-refractivity contribution in [2.75, 3.05) is 4.90 Å². The fourth-order valence-electron chi connectivity index (χ4n) is 4.72. The van der Waals surface area contributed by atoms with Gasteiger partial charge in [-0.2, -0.15) is 5.10 Å². The maximum absolute atomic E-state index is 5.04. The van der Waals surface area contributed by atoms with Crippen LogP contribution in [0.4, 0.5) is 17.1 Å². The molecular formula is C35H29N3. The largest absolute Gasteiger partial charge is 0.311 e. The number of aromatic nitrogens is 2. The average molecular weight is 492 g/mol. The predicted octanol–water partition coefficient (Wildman–Crippen LogP) is 9.29. The zero-order valence-corrected chi connectivity index (χ0v) is 21.6. The van der Waals surface area contributed by atoms with Gasteiger partial charge < -0.3 is 4.90 Å². The molecule has 0 N–H and O–H groups in total. The van der Waals surface area contributed by atoms with Crippen LogP contribution in [0.3, 0.4) is 0 Å². The molecule has 6 rings (SSSR count). The lowest BCUT2D eigenvalue weighted by molar-refractivity contribution is 0.892. The van der Waals surface area contributed by atoms with Crippen LogP contribution in [0, 0.1) is 13.8 Å². The number of aryl methyl sites for hydroxylation is 2. The summed E-state index contributed by atoms with van der Waals surface area (Å²) in [6, 6.07) is 49.0. The van der Waals surface area contributed by atoms with Gasteiger partial charge in [0.25, 0.3) is 0 Å². The van der Waals surface area contributed by atoms with E-state index in [9.17, 15) is 0 Å². The Morgan fingerprint density at radius 3 is 1.45 bits per heavy atom. The number of hydrogen-bond donors (Lipinski definition) is 0. The van der Waals surface area contributed by atoms with E-state index in [4.69, 9.17) is 5.10 Å². The van der Waals surface area contributed by atoms with Crippen LogP contribution in [0.15, 0.2) is 140 Å². The zero-order chi connectivity index (χ0) is 25.9. The standard InChI is InChI=1S/C35H29N3/c1-26-13-17-30(18-14-26)37(31-19-15-27(2)16-20-31)32-21-23-33(24-22-32)38-35(29-11-7-4-8-12-29)25-34(36-38)28-9-5-3-6-10-28/h3-25H,1-2H3. The van der Waals surface area contributed by atoms with Crippen LogP contribution >= 0.6 is 0 Å². The van der Waals surface area contributed by atoms with Crippen LogP contribution in [0.2, 0.25) is 0 Å². The summed E-state index contributed by atoms with van der Waals surface area (Å²) in [5, 5.41) is 5.04. The van der Waals surface area contributed by atoms with Crippen molar-refractivity contribution in [3.05, 3.63) is 151 Å². The van der Waals surface area contributed by atoms with Crippen LogP contribution in [0.25, 0.3) is 28.2 Å². The summed E-state index contributed by atoms with van der Waals surface area (Å²) < 4.78 is 2.05. The number of hydrogen-bond acceptors (Lipinski definition) is 2. The van der Waals surface area contributed by atoms with Gasteiger partial charge in [0.1, 0.15) is 0 Å². The van der Waals surface area contributed by atoms with E-state index in [-0.39, 0.29) is 0 Å². The molecule has 184 valence electrons. The summed E-state index contributed by atoms with van der Waals surface area (Å²) >= 11 is 0. The quantitative estimate of drug-likeness (QED) is 0.231. The first-order chi connectivity index (χ1) is 18.7. The van der Waals surface area contributed by atoms with Crippen molar-refractivity contribution in [1.82, 2.24) is 9.78 Å². The molecule has 6 aromatic rings. The molecule has 1 heterocycles. The van der Waals surface area contributed by atoms with Crippen molar-refractivity contribution in [3.8, 4) is 28.2 Å². The van der Waals surface area contributed by atoms with Gasteiger partial charge in [-0.3, -0.25) is 0 Å². The first-order valence-electron chi connectivity index (χ1n) is 12.9. The fraction of sp³-hybridized carbons (Fsp3) is 0.0571. The van der Waals surface area contributed by atoms with E-state index >= 15 is 0 Å². The van der Waals surface area contributed by atoms with Crippen LogP contribution in [-0.2, 0) is 0 Å². The Hall–Kier alpha value is -4.89. The number of nitrogens with zero attached hydrogens (tertiary/aromatic N) is 3. The summed E-state index contributed by atoms with van der Waals surface area (Å²) in [4.78, 5) is 2.29. The highest BCUT2D eigenvalue weighted by atomic mass is 15.3. The topological polar surface area (TPSA) is 21.1 Å². The minimum atomic E-state index is 0.953. The van der Waals surface area contributed by atoms with E-state index in [1.54, 1.807) is 0 Å². The Bertz CT molecular complexity index is 1590. The molecule has 0 saturated heterocycles. The van der Waals surface area contributed by atoms with Gasteiger partial charge in [-0.1, -0.05) is 96.1 Å². The monoisotopic (exact) mass is 491 g/mol. The lowest BCUT2D eigenvalue weighted by Gasteiger charge is -2.26. The lowest BCUT2D eigenvalue weighted by Crippen LogP contribution is -2.10. The van der Waals surface area contributed by atoms with Gasteiger partial charge in [-0.25, -0.2) is 4.68 Å². The van der Waals surface area contributed by atoms with Crippen LogP contribution < -0.4 is 4.90 Å². The molecule has 5 aromatic carbocycles. The van der Waals surface area contributed by atoms with Crippen molar-refractivity contribution in [1.29, 1.82) is 0 Å². The third-order valence-electron chi connectivity index (χ3n) is 6.79. The third-order valence-corrected chi connectivity index (χ3v) is 6.79. The highest BCUT2D eigenvalue weighted by molar-refractivity contribution is 5.77. The van der Waals surface area contributed by atoms with Gasteiger partial charge in [-0.05, 0) is 68.4 Å². The molecule has 0 spiro atoms. The predicted molar refractivity (Wildman–Crippen MR) is 159 cm³/mol. The van der Waals surface area contributed by atoms with Gasteiger partial charge >= 0.3 is 0 Å². The maximum Gasteiger partial charge on any atom is 0.0934 e. The Balaban J connectivity index is 1.43. The zero-order valence-electron chi connectivity index (χ0n) is 21.6. The highest BCUT2D eigenvalue weighted by Gasteiger charge is 2.15. The molecule has 0 bridgehead atoms. The summed E-state index contributed by atoms with van der Waals surface area (Å²) in [6.45, 7) is 4.24. The third kappa shape index (κ3) is 4.74. The van der Waals surface area contributed by atoms with Crippen LogP contribution in [-0.4, -0.2) is 9.78 Å². The molecule has 0 unspecified atom stereocenters. The molecule has 0 atom stereocenters. The summed E-state index contributed by atoms with van der Waals surface area (Å²) in [7, 11) is 0. The molecule has 0 saturated carbocycles. The summed E-state index contributed by atoms with van der Waals surface area (Å²) in [5.74, 6) is 0. The molecule has 1 aromatic heterocycles. The second-order valence-corrected chi connectivity index (χ2v) is 9.58. The van der Waals surface area contributed by atoms with Gasteiger partial charge in [0, 0.05) is 28.2 Å². The SMILES string of the molecule is Cc1ccc(N(c2ccc(C)cc2)c2ccc(-n3nc(-c4ccccc4)cc3-c3ccccc3)cc2)cc1. The number of anilines is 3. The van der Waals surface area contributed by atoms with Crippen LogP contribution in [0.5, 0.6) is 0 Å². The van der Waals surface area contributed by atoms with Gasteiger partial charge in [0.05, 0.1) is 17.1 Å². The second kappa shape index (κ2) is 10.2. The van der Waals surface area contributed by atoms with Gasteiger partial charge in [-0.15, -0.1) is 0 Å². The smallest absolute Gasteiger partial charge is 0.0934 e. The van der Waals surface area contributed by atoms with Crippen LogP contribution in [0.1, 0.15) is 11.1 Å². The molecule has 0 radical (unpaired) electrons. The summed E-state index contributed by atoms with van der Waals surface area (Å²) in [6.07, 6.45) is 0. The van der Waals surface area contributed by atoms with E-state index < -0.39 is 0 Å². The number of rotatable bonds is 6. The Morgan fingerprint density at radius 2 is 0.947 bits per heavy atom. The van der Waals surface area contributed by atoms with Crippen molar-refractivity contribution in [2.24, 2.45) is 0 Å². The molecule has 0 amide bonds. The molecule has 0 fully saturated rings. The molecule has 0 aliphatic rings. The Kier molecular flexibility index (Phi) is 6.33. The molecule has 0 aliphatic carbocycles. The first kappa shape index (κ1) is 23.5. The first-order valence-corrected chi connectivity index (χ1v) is 12.9. The van der Waals surface area contributed by atoms with E-state index in [1.807, 2.05) is 16.8 Å². The van der Waals surface area contributed by atoms with E-state index in [0.717, 1.165) is 45.3 Å².